The van der Waals surface area contributed by atoms with E-state index in [2.05, 4.69) is 15.2 Å². The molecule has 0 fully saturated rings. The fourth-order valence-corrected chi connectivity index (χ4v) is 2.83. The van der Waals surface area contributed by atoms with Crippen LogP contribution in [0.15, 0.2) is 28.8 Å². The Morgan fingerprint density at radius 2 is 2.11 bits per heavy atom. The summed E-state index contributed by atoms with van der Waals surface area (Å²) in [4.78, 5) is 18.5. The number of aryl methyl sites for hydroxylation is 2. The monoisotopic (exact) mass is 403 g/mol. The molecule has 8 nitrogen and oxygen atoms in total. The van der Waals surface area contributed by atoms with Crippen molar-refractivity contribution < 1.29 is 14.1 Å². The Morgan fingerprint density at radius 1 is 1.32 bits per heavy atom. The summed E-state index contributed by atoms with van der Waals surface area (Å²) in [7, 11) is 3.81. The summed E-state index contributed by atoms with van der Waals surface area (Å²) in [5.41, 5.74) is 2.88. The zero-order valence-corrected chi connectivity index (χ0v) is 17.0. The van der Waals surface area contributed by atoms with Gasteiger partial charge in [-0.25, -0.2) is 4.68 Å². The van der Waals surface area contributed by atoms with Crippen LogP contribution in [-0.4, -0.2) is 58.0 Å². The second-order valence-electron chi connectivity index (χ2n) is 6.72. The normalized spacial score (nSPS) is 11.2. The standard InChI is InChI=1S/C19H22ClN5O3/c1-12-6-5-7-14(10-12)19-21-18(23-28-19)17-16(20)13(2)22-25(17)11-15(26)27-9-8-24(3)4/h5-7,10H,8-9,11H2,1-4H3. The first-order chi connectivity index (χ1) is 13.3. The van der Waals surface area contributed by atoms with Crippen molar-refractivity contribution in [2.45, 2.75) is 20.4 Å². The summed E-state index contributed by atoms with van der Waals surface area (Å²) in [6.07, 6.45) is 0. The van der Waals surface area contributed by atoms with Gasteiger partial charge in [0.25, 0.3) is 5.89 Å². The highest BCUT2D eigenvalue weighted by Crippen LogP contribution is 2.30. The highest BCUT2D eigenvalue weighted by atomic mass is 35.5. The van der Waals surface area contributed by atoms with E-state index < -0.39 is 5.97 Å². The number of aromatic nitrogens is 4. The van der Waals surface area contributed by atoms with E-state index in [1.54, 1.807) is 6.92 Å². The van der Waals surface area contributed by atoms with Crippen molar-refractivity contribution in [2.75, 3.05) is 27.2 Å². The minimum Gasteiger partial charge on any atom is -0.463 e. The van der Waals surface area contributed by atoms with E-state index >= 15 is 0 Å². The molecule has 0 saturated heterocycles. The zero-order chi connectivity index (χ0) is 20.3. The van der Waals surface area contributed by atoms with Crippen molar-refractivity contribution in [2.24, 2.45) is 0 Å². The average Bonchev–Trinajstić information content (AvgIpc) is 3.20. The summed E-state index contributed by atoms with van der Waals surface area (Å²) in [6, 6.07) is 7.73. The van der Waals surface area contributed by atoms with Crippen molar-refractivity contribution >= 4 is 17.6 Å². The van der Waals surface area contributed by atoms with Gasteiger partial charge in [-0.15, -0.1) is 0 Å². The van der Waals surface area contributed by atoms with Crippen LogP contribution in [0, 0.1) is 13.8 Å². The van der Waals surface area contributed by atoms with Crippen LogP contribution in [0.4, 0.5) is 0 Å². The maximum Gasteiger partial charge on any atom is 0.327 e. The van der Waals surface area contributed by atoms with Gasteiger partial charge in [-0.3, -0.25) is 4.79 Å². The van der Waals surface area contributed by atoms with E-state index in [9.17, 15) is 4.79 Å². The molecule has 3 rings (SSSR count). The van der Waals surface area contributed by atoms with Crippen LogP contribution in [0.5, 0.6) is 0 Å². The van der Waals surface area contributed by atoms with E-state index in [-0.39, 0.29) is 12.4 Å². The molecule has 2 heterocycles. The predicted molar refractivity (Wildman–Crippen MR) is 105 cm³/mol. The highest BCUT2D eigenvalue weighted by Gasteiger charge is 2.23. The minimum atomic E-state index is -0.412. The molecule has 9 heteroatoms. The molecule has 0 unspecified atom stereocenters. The molecule has 0 spiro atoms. The molecule has 148 valence electrons. The maximum atomic E-state index is 12.2. The van der Waals surface area contributed by atoms with Crippen LogP contribution >= 0.6 is 11.6 Å². The second kappa shape index (κ2) is 8.53. The van der Waals surface area contributed by atoms with Gasteiger partial charge in [-0.05, 0) is 40.1 Å². The Balaban J connectivity index is 1.84. The van der Waals surface area contributed by atoms with Crippen LogP contribution in [0.2, 0.25) is 5.02 Å². The number of hydrogen-bond donors (Lipinski definition) is 0. The number of nitrogens with zero attached hydrogens (tertiary/aromatic N) is 5. The maximum absolute atomic E-state index is 12.2. The molecule has 0 aliphatic carbocycles. The van der Waals surface area contributed by atoms with Crippen LogP contribution < -0.4 is 0 Å². The topological polar surface area (TPSA) is 86.3 Å². The predicted octanol–water partition coefficient (Wildman–Crippen LogP) is 2.98. The Kier molecular flexibility index (Phi) is 6.11. The number of likely N-dealkylation sites (N-methyl/N-ethyl adjacent to an activating group) is 1. The Labute approximate surface area is 168 Å². The van der Waals surface area contributed by atoms with Gasteiger partial charge in [0.2, 0.25) is 5.82 Å². The van der Waals surface area contributed by atoms with Crippen molar-refractivity contribution in [1.82, 2.24) is 24.8 Å². The number of rotatable bonds is 7. The summed E-state index contributed by atoms with van der Waals surface area (Å²) in [6.45, 7) is 4.58. The molecule has 0 bridgehead atoms. The quantitative estimate of drug-likeness (QED) is 0.560. The lowest BCUT2D eigenvalue weighted by Crippen LogP contribution is -2.22. The van der Waals surface area contributed by atoms with Gasteiger partial charge in [0.05, 0.1) is 10.7 Å². The molecule has 0 radical (unpaired) electrons. The molecule has 0 amide bonds. The van der Waals surface area contributed by atoms with E-state index in [0.717, 1.165) is 11.1 Å². The summed E-state index contributed by atoms with van der Waals surface area (Å²) >= 11 is 6.39. The van der Waals surface area contributed by atoms with Gasteiger partial charge < -0.3 is 14.2 Å². The van der Waals surface area contributed by atoms with E-state index in [0.29, 0.717) is 35.5 Å². The zero-order valence-electron chi connectivity index (χ0n) is 16.3. The van der Waals surface area contributed by atoms with Crippen LogP contribution in [0.25, 0.3) is 23.0 Å². The van der Waals surface area contributed by atoms with Crippen molar-refractivity contribution in [3.05, 3.63) is 40.5 Å². The number of esters is 1. The van der Waals surface area contributed by atoms with Gasteiger partial charge in [-0.2, -0.15) is 10.1 Å². The van der Waals surface area contributed by atoms with E-state index in [1.807, 2.05) is 50.2 Å². The number of carbonyl (C=O) groups is 1. The third-order valence-corrected chi connectivity index (χ3v) is 4.49. The largest absolute Gasteiger partial charge is 0.463 e. The number of benzene rings is 1. The Morgan fingerprint density at radius 3 is 2.82 bits per heavy atom. The summed E-state index contributed by atoms with van der Waals surface area (Å²) < 4.78 is 12.1. The minimum absolute atomic E-state index is 0.0926. The first-order valence-electron chi connectivity index (χ1n) is 8.79. The molecule has 1 aromatic carbocycles. The molecule has 3 aromatic rings. The third kappa shape index (κ3) is 4.58. The number of ether oxygens (including phenoxy) is 1. The van der Waals surface area contributed by atoms with Crippen LogP contribution in [0.1, 0.15) is 11.3 Å². The van der Waals surface area contributed by atoms with Gasteiger partial charge in [-0.1, -0.05) is 34.5 Å². The Bertz CT molecular complexity index is 980. The molecule has 0 aliphatic heterocycles. The summed E-state index contributed by atoms with van der Waals surface area (Å²) in [5.74, 6) is 0.224. The van der Waals surface area contributed by atoms with Gasteiger partial charge in [0.1, 0.15) is 18.8 Å². The molecular formula is C19H22ClN5O3. The molecule has 0 atom stereocenters. The molecule has 0 aliphatic rings. The highest BCUT2D eigenvalue weighted by molar-refractivity contribution is 6.33. The molecule has 2 aromatic heterocycles. The molecule has 0 saturated carbocycles. The smallest absolute Gasteiger partial charge is 0.327 e. The van der Waals surface area contributed by atoms with Crippen molar-refractivity contribution in [3.8, 4) is 23.0 Å². The van der Waals surface area contributed by atoms with E-state index in [1.165, 1.54) is 4.68 Å². The van der Waals surface area contributed by atoms with Crippen molar-refractivity contribution in [3.63, 3.8) is 0 Å². The SMILES string of the molecule is Cc1cccc(-c2nc(-c3c(Cl)c(C)nn3CC(=O)OCCN(C)C)no2)c1. The van der Waals surface area contributed by atoms with E-state index in [4.69, 9.17) is 20.9 Å². The van der Waals surface area contributed by atoms with Gasteiger partial charge in [0.15, 0.2) is 0 Å². The lowest BCUT2D eigenvalue weighted by molar-refractivity contribution is -0.144. The number of hydrogen-bond acceptors (Lipinski definition) is 7. The fraction of sp³-hybridized carbons (Fsp3) is 0.368. The first-order valence-corrected chi connectivity index (χ1v) is 9.17. The van der Waals surface area contributed by atoms with Gasteiger partial charge >= 0.3 is 5.97 Å². The number of carbonyl (C=O) groups excluding carboxylic acids is 1. The lowest BCUT2D eigenvalue weighted by Gasteiger charge is -2.10. The molecule has 0 N–H and O–H groups in total. The Hall–Kier alpha value is -2.71. The summed E-state index contributed by atoms with van der Waals surface area (Å²) in [5, 5.41) is 8.72. The molecule has 28 heavy (non-hydrogen) atoms. The molecular weight excluding hydrogens is 382 g/mol. The lowest BCUT2D eigenvalue weighted by atomic mass is 10.1. The number of halogens is 1. The fourth-order valence-electron chi connectivity index (χ4n) is 2.61. The average molecular weight is 404 g/mol. The van der Waals surface area contributed by atoms with Crippen molar-refractivity contribution in [1.29, 1.82) is 0 Å². The third-order valence-electron chi connectivity index (χ3n) is 4.04. The first kappa shape index (κ1) is 20.0. The van der Waals surface area contributed by atoms with Gasteiger partial charge in [0, 0.05) is 12.1 Å². The van der Waals surface area contributed by atoms with Crippen LogP contribution in [0.3, 0.4) is 0 Å². The second-order valence-corrected chi connectivity index (χ2v) is 7.10. The van der Waals surface area contributed by atoms with Crippen LogP contribution in [-0.2, 0) is 16.1 Å².